The van der Waals surface area contributed by atoms with Crippen molar-refractivity contribution in [2.45, 2.75) is 59.3 Å². The summed E-state index contributed by atoms with van der Waals surface area (Å²) < 4.78 is 11.4. The molecule has 1 amide bonds. The minimum absolute atomic E-state index is 0.00906. The molecular formula is C18H30N2O3. The van der Waals surface area contributed by atoms with E-state index in [9.17, 15) is 4.79 Å². The molecule has 1 aromatic rings. The van der Waals surface area contributed by atoms with E-state index >= 15 is 0 Å². The molecule has 0 aliphatic carbocycles. The number of nitrogens with two attached hydrogens (primary N) is 1. The third kappa shape index (κ3) is 6.10. The number of ether oxygens (including phenoxy) is 2. The Labute approximate surface area is 139 Å². The molecule has 0 unspecified atom stereocenters. The molecule has 5 nitrogen and oxygen atoms in total. The van der Waals surface area contributed by atoms with Crippen molar-refractivity contribution in [2.24, 2.45) is 5.73 Å². The van der Waals surface area contributed by atoms with Gasteiger partial charge < -0.3 is 20.1 Å². The number of hydrogen-bond acceptors (Lipinski definition) is 4. The van der Waals surface area contributed by atoms with Gasteiger partial charge in [-0.25, -0.2) is 4.79 Å². The van der Waals surface area contributed by atoms with E-state index in [1.807, 2.05) is 58.9 Å². The van der Waals surface area contributed by atoms with Crippen LogP contribution in [0.15, 0.2) is 24.3 Å². The number of carbonyl (C=O) groups excluding carboxylic acids is 1. The second-order valence-electron chi connectivity index (χ2n) is 6.27. The van der Waals surface area contributed by atoms with Crippen LogP contribution in [0.3, 0.4) is 0 Å². The van der Waals surface area contributed by atoms with Crippen molar-refractivity contribution in [3.05, 3.63) is 29.8 Å². The zero-order chi connectivity index (χ0) is 17.5. The van der Waals surface area contributed by atoms with Crippen LogP contribution in [-0.2, 0) is 11.3 Å². The van der Waals surface area contributed by atoms with Crippen molar-refractivity contribution in [2.75, 3.05) is 13.1 Å². The summed E-state index contributed by atoms with van der Waals surface area (Å²) in [6.45, 7) is 11.3. The Morgan fingerprint density at radius 1 is 1.30 bits per heavy atom. The molecular weight excluding hydrogens is 292 g/mol. The molecule has 2 rings (SSSR count). The van der Waals surface area contributed by atoms with E-state index in [2.05, 4.69) is 0 Å². The van der Waals surface area contributed by atoms with E-state index in [0.29, 0.717) is 19.6 Å². The van der Waals surface area contributed by atoms with Crippen LogP contribution in [0.4, 0.5) is 4.79 Å². The summed E-state index contributed by atoms with van der Waals surface area (Å²) in [6.07, 6.45) is 0.518. The third-order valence-corrected chi connectivity index (χ3v) is 3.28. The molecule has 1 aliphatic rings. The van der Waals surface area contributed by atoms with Crippen molar-refractivity contribution in [3.63, 3.8) is 0 Å². The summed E-state index contributed by atoms with van der Waals surface area (Å²) in [5.74, 6) is 0.802. The Kier molecular flexibility index (Phi) is 7.36. The Balaban J connectivity index is 0.00000127. The standard InChI is InChI=1S/C16H24N2O3.C2H6/c1-16(2,3)21-15(19)18-9-8-13(11-18)20-14-7-5-4-6-12(14)10-17;1-2/h4-7,13H,8-11,17H2,1-3H3;1-2H3/t13-;/m0./s1. The molecule has 1 aliphatic heterocycles. The quantitative estimate of drug-likeness (QED) is 0.924. The monoisotopic (exact) mass is 322 g/mol. The van der Waals surface area contributed by atoms with E-state index in [1.165, 1.54) is 0 Å². The number of amides is 1. The fourth-order valence-electron chi connectivity index (χ4n) is 2.28. The highest BCUT2D eigenvalue weighted by Gasteiger charge is 2.31. The van der Waals surface area contributed by atoms with Crippen LogP contribution in [0, 0.1) is 0 Å². The molecule has 2 N–H and O–H groups in total. The molecule has 130 valence electrons. The Hall–Kier alpha value is -1.75. The molecule has 0 saturated carbocycles. The maximum Gasteiger partial charge on any atom is 0.410 e. The van der Waals surface area contributed by atoms with Gasteiger partial charge in [-0.2, -0.15) is 0 Å². The summed E-state index contributed by atoms with van der Waals surface area (Å²) in [4.78, 5) is 13.7. The Morgan fingerprint density at radius 2 is 1.96 bits per heavy atom. The smallest absolute Gasteiger partial charge is 0.410 e. The van der Waals surface area contributed by atoms with Crippen molar-refractivity contribution in [1.29, 1.82) is 0 Å². The summed E-state index contributed by atoms with van der Waals surface area (Å²) in [7, 11) is 0. The third-order valence-electron chi connectivity index (χ3n) is 3.28. The van der Waals surface area contributed by atoms with Gasteiger partial charge in [0, 0.05) is 25.1 Å². The van der Waals surface area contributed by atoms with Gasteiger partial charge in [0.05, 0.1) is 6.54 Å². The van der Waals surface area contributed by atoms with Gasteiger partial charge in [0.2, 0.25) is 0 Å². The first-order chi connectivity index (χ1) is 10.9. The topological polar surface area (TPSA) is 64.8 Å². The van der Waals surface area contributed by atoms with Gasteiger partial charge in [0.1, 0.15) is 17.5 Å². The summed E-state index contributed by atoms with van der Waals surface area (Å²) in [5, 5.41) is 0. The lowest BCUT2D eigenvalue weighted by Crippen LogP contribution is -2.36. The van der Waals surface area contributed by atoms with E-state index in [-0.39, 0.29) is 12.2 Å². The molecule has 0 bridgehead atoms. The maximum absolute atomic E-state index is 12.0. The Bertz CT molecular complexity index is 497. The van der Waals surface area contributed by atoms with Crippen molar-refractivity contribution < 1.29 is 14.3 Å². The van der Waals surface area contributed by atoms with E-state index in [4.69, 9.17) is 15.2 Å². The molecule has 1 saturated heterocycles. The number of para-hydroxylation sites is 1. The molecule has 0 aromatic heterocycles. The van der Waals surface area contributed by atoms with Crippen LogP contribution in [0.25, 0.3) is 0 Å². The molecule has 5 heteroatoms. The number of likely N-dealkylation sites (tertiary alicyclic amines) is 1. The first kappa shape index (κ1) is 19.3. The van der Waals surface area contributed by atoms with Gasteiger partial charge >= 0.3 is 6.09 Å². The minimum atomic E-state index is -0.470. The highest BCUT2D eigenvalue weighted by molar-refractivity contribution is 5.68. The van der Waals surface area contributed by atoms with Crippen molar-refractivity contribution in [1.82, 2.24) is 4.90 Å². The lowest BCUT2D eigenvalue weighted by Gasteiger charge is -2.24. The van der Waals surface area contributed by atoms with Crippen LogP contribution in [0.1, 0.15) is 46.6 Å². The zero-order valence-corrected chi connectivity index (χ0v) is 15.0. The van der Waals surface area contributed by atoms with Crippen LogP contribution in [0.2, 0.25) is 0 Å². The lowest BCUT2D eigenvalue weighted by molar-refractivity contribution is 0.0275. The molecule has 0 radical (unpaired) electrons. The predicted octanol–water partition coefficient (Wildman–Crippen LogP) is 3.56. The van der Waals surface area contributed by atoms with Gasteiger partial charge in [-0.05, 0) is 26.8 Å². The summed E-state index contributed by atoms with van der Waals surface area (Å²) >= 11 is 0. The summed E-state index contributed by atoms with van der Waals surface area (Å²) in [6, 6.07) is 7.74. The molecule has 23 heavy (non-hydrogen) atoms. The van der Waals surface area contributed by atoms with Gasteiger partial charge in [0.15, 0.2) is 0 Å². The molecule has 1 heterocycles. The summed E-state index contributed by atoms with van der Waals surface area (Å²) in [5.41, 5.74) is 6.22. The molecule has 1 fully saturated rings. The van der Waals surface area contributed by atoms with Gasteiger partial charge in [-0.1, -0.05) is 32.0 Å². The van der Waals surface area contributed by atoms with E-state index < -0.39 is 5.60 Å². The maximum atomic E-state index is 12.0. The molecule has 1 atom stereocenters. The fraction of sp³-hybridized carbons (Fsp3) is 0.611. The van der Waals surface area contributed by atoms with Crippen LogP contribution >= 0.6 is 0 Å². The van der Waals surface area contributed by atoms with Gasteiger partial charge in [-0.3, -0.25) is 0 Å². The highest BCUT2D eigenvalue weighted by Crippen LogP contribution is 2.23. The molecule has 1 aromatic carbocycles. The Morgan fingerprint density at radius 3 is 2.57 bits per heavy atom. The second kappa shape index (κ2) is 8.77. The lowest BCUT2D eigenvalue weighted by atomic mass is 10.2. The normalized spacial score (nSPS) is 17.3. The SMILES string of the molecule is CC.CC(C)(C)OC(=O)N1CC[C@H](Oc2ccccc2CN)C1. The van der Waals surface area contributed by atoms with Crippen molar-refractivity contribution in [3.8, 4) is 5.75 Å². The first-order valence-electron chi connectivity index (χ1n) is 8.31. The first-order valence-corrected chi connectivity index (χ1v) is 8.31. The number of benzene rings is 1. The van der Waals surface area contributed by atoms with Crippen LogP contribution in [-0.4, -0.2) is 35.8 Å². The number of nitrogens with zero attached hydrogens (tertiary/aromatic N) is 1. The number of hydrogen-bond donors (Lipinski definition) is 1. The average Bonchev–Trinajstić information content (AvgIpc) is 2.97. The highest BCUT2D eigenvalue weighted by atomic mass is 16.6. The van der Waals surface area contributed by atoms with E-state index in [1.54, 1.807) is 4.90 Å². The fourth-order valence-corrected chi connectivity index (χ4v) is 2.28. The number of carbonyl (C=O) groups is 1. The molecule has 0 spiro atoms. The van der Waals surface area contributed by atoms with Gasteiger partial charge in [0.25, 0.3) is 0 Å². The predicted molar refractivity (Wildman–Crippen MR) is 92.5 cm³/mol. The van der Waals surface area contributed by atoms with Crippen molar-refractivity contribution >= 4 is 6.09 Å². The van der Waals surface area contributed by atoms with Gasteiger partial charge in [-0.15, -0.1) is 0 Å². The minimum Gasteiger partial charge on any atom is -0.488 e. The second-order valence-corrected chi connectivity index (χ2v) is 6.27. The van der Waals surface area contributed by atoms with Crippen LogP contribution in [0.5, 0.6) is 5.75 Å². The zero-order valence-electron chi connectivity index (χ0n) is 15.0. The van der Waals surface area contributed by atoms with E-state index in [0.717, 1.165) is 17.7 Å². The van der Waals surface area contributed by atoms with Crippen LogP contribution < -0.4 is 10.5 Å². The number of rotatable bonds is 3. The average molecular weight is 322 g/mol. The largest absolute Gasteiger partial charge is 0.488 e.